The van der Waals surface area contributed by atoms with E-state index in [1.165, 1.54) is 0 Å². The molecule has 0 bridgehead atoms. The molecule has 15 heavy (non-hydrogen) atoms. The van der Waals surface area contributed by atoms with Crippen LogP contribution in [0.4, 0.5) is 0 Å². The van der Waals surface area contributed by atoms with Gasteiger partial charge in [0.15, 0.2) is 0 Å². The summed E-state index contributed by atoms with van der Waals surface area (Å²) in [4.78, 5) is 0. The van der Waals surface area contributed by atoms with Gasteiger partial charge in [0.05, 0.1) is 16.4 Å². The Morgan fingerprint density at radius 3 is 2.73 bits per heavy atom. The van der Waals surface area contributed by atoms with Crippen molar-refractivity contribution in [3.05, 3.63) is 46.2 Å². The van der Waals surface area contributed by atoms with E-state index in [0.717, 1.165) is 5.69 Å². The van der Waals surface area contributed by atoms with Gasteiger partial charge < -0.3 is 5.73 Å². The number of benzene rings is 1. The van der Waals surface area contributed by atoms with E-state index in [1.54, 1.807) is 16.9 Å². The second kappa shape index (κ2) is 4.23. The van der Waals surface area contributed by atoms with Crippen LogP contribution in [0.3, 0.4) is 0 Å². The molecular weight excluding hydrogens is 233 g/mol. The van der Waals surface area contributed by atoms with E-state index >= 15 is 0 Å². The van der Waals surface area contributed by atoms with E-state index in [9.17, 15) is 0 Å². The maximum Gasteiger partial charge on any atom is 0.0950 e. The maximum absolute atomic E-state index is 5.94. The van der Waals surface area contributed by atoms with Crippen LogP contribution in [-0.4, -0.2) is 9.78 Å². The molecule has 2 aromatic rings. The van der Waals surface area contributed by atoms with Crippen LogP contribution in [0.1, 0.15) is 5.69 Å². The molecule has 2 rings (SSSR count). The summed E-state index contributed by atoms with van der Waals surface area (Å²) in [6, 6.07) is 7.37. The number of halogens is 2. The smallest absolute Gasteiger partial charge is 0.0950 e. The third kappa shape index (κ3) is 2.15. The van der Waals surface area contributed by atoms with Gasteiger partial charge in [-0.25, -0.2) is 4.68 Å². The summed E-state index contributed by atoms with van der Waals surface area (Å²) in [5.74, 6) is 0. The minimum absolute atomic E-state index is 0.326. The van der Waals surface area contributed by atoms with E-state index in [-0.39, 0.29) is 0 Å². The van der Waals surface area contributed by atoms with Gasteiger partial charge in [0.2, 0.25) is 0 Å². The number of rotatable bonds is 2. The van der Waals surface area contributed by atoms with Crippen molar-refractivity contribution in [3.8, 4) is 5.69 Å². The van der Waals surface area contributed by atoms with Gasteiger partial charge in [0, 0.05) is 17.8 Å². The lowest BCUT2D eigenvalue weighted by molar-refractivity contribution is 0.834. The molecule has 0 fully saturated rings. The van der Waals surface area contributed by atoms with Crippen molar-refractivity contribution in [2.75, 3.05) is 0 Å². The molecule has 1 aromatic heterocycles. The number of aromatic nitrogens is 2. The van der Waals surface area contributed by atoms with Gasteiger partial charge in [-0.15, -0.1) is 0 Å². The third-order valence-corrected chi connectivity index (χ3v) is 2.56. The molecule has 0 radical (unpaired) electrons. The Balaban J connectivity index is 2.45. The molecule has 0 unspecified atom stereocenters. The molecule has 78 valence electrons. The summed E-state index contributed by atoms with van der Waals surface area (Å²) in [5.41, 5.74) is 7.03. The van der Waals surface area contributed by atoms with Crippen LogP contribution in [0.15, 0.2) is 30.5 Å². The summed E-state index contributed by atoms with van der Waals surface area (Å²) >= 11 is 11.8. The first-order valence-corrected chi connectivity index (χ1v) is 5.16. The molecule has 0 aliphatic heterocycles. The van der Waals surface area contributed by atoms with Crippen molar-refractivity contribution < 1.29 is 0 Å². The average molecular weight is 242 g/mol. The average Bonchev–Trinajstić information content (AvgIpc) is 2.60. The zero-order valence-corrected chi connectivity index (χ0v) is 9.33. The lowest BCUT2D eigenvalue weighted by atomic mass is 10.3. The van der Waals surface area contributed by atoms with E-state index < -0.39 is 0 Å². The second-order valence-electron chi connectivity index (χ2n) is 3.05. The molecule has 0 saturated heterocycles. The Bertz CT molecular complexity index is 479. The minimum atomic E-state index is 0.326. The summed E-state index contributed by atoms with van der Waals surface area (Å²) in [6.07, 6.45) is 1.72. The van der Waals surface area contributed by atoms with E-state index in [2.05, 4.69) is 5.10 Å². The summed E-state index contributed by atoms with van der Waals surface area (Å²) in [5, 5.41) is 5.47. The Morgan fingerprint density at radius 2 is 2.13 bits per heavy atom. The van der Waals surface area contributed by atoms with E-state index in [0.29, 0.717) is 22.3 Å². The lowest BCUT2D eigenvalue weighted by Crippen LogP contribution is -2.00. The molecule has 0 aliphatic rings. The second-order valence-corrected chi connectivity index (χ2v) is 3.90. The molecule has 2 N–H and O–H groups in total. The lowest BCUT2D eigenvalue weighted by Gasteiger charge is -2.00. The molecule has 1 heterocycles. The Labute approximate surface area is 97.4 Å². The standard InChI is InChI=1S/C10H9Cl2N3/c11-7-2-1-3-8(4-7)15-6-9(12)10(5-13)14-15/h1-4,6H,5,13H2. The monoisotopic (exact) mass is 241 g/mol. The molecule has 1 aromatic carbocycles. The summed E-state index contributed by atoms with van der Waals surface area (Å²) in [6.45, 7) is 0.326. The van der Waals surface area contributed by atoms with E-state index in [1.807, 2.05) is 18.2 Å². The van der Waals surface area contributed by atoms with Crippen molar-refractivity contribution in [1.82, 2.24) is 9.78 Å². The van der Waals surface area contributed by atoms with Gasteiger partial charge in [-0.2, -0.15) is 5.10 Å². The first kappa shape index (κ1) is 10.5. The van der Waals surface area contributed by atoms with Crippen LogP contribution in [0.5, 0.6) is 0 Å². The topological polar surface area (TPSA) is 43.8 Å². The van der Waals surface area contributed by atoms with Crippen molar-refractivity contribution in [2.24, 2.45) is 5.73 Å². The third-order valence-electron chi connectivity index (χ3n) is 2.01. The highest BCUT2D eigenvalue weighted by Crippen LogP contribution is 2.19. The first-order chi connectivity index (χ1) is 7.20. The summed E-state index contributed by atoms with van der Waals surface area (Å²) in [7, 11) is 0. The van der Waals surface area contributed by atoms with E-state index in [4.69, 9.17) is 28.9 Å². The molecular formula is C10H9Cl2N3. The van der Waals surface area contributed by atoms with Crippen LogP contribution in [0.25, 0.3) is 5.69 Å². The number of hydrogen-bond donors (Lipinski definition) is 1. The van der Waals surface area contributed by atoms with Gasteiger partial charge in [-0.05, 0) is 18.2 Å². The van der Waals surface area contributed by atoms with Crippen LogP contribution < -0.4 is 5.73 Å². The fourth-order valence-corrected chi connectivity index (χ4v) is 1.67. The fraction of sp³-hybridized carbons (Fsp3) is 0.100. The number of nitrogens with two attached hydrogens (primary N) is 1. The minimum Gasteiger partial charge on any atom is -0.325 e. The molecule has 0 aliphatic carbocycles. The van der Waals surface area contributed by atoms with Crippen molar-refractivity contribution in [1.29, 1.82) is 0 Å². The first-order valence-electron chi connectivity index (χ1n) is 4.41. The largest absolute Gasteiger partial charge is 0.325 e. The highest BCUT2D eigenvalue weighted by molar-refractivity contribution is 6.31. The van der Waals surface area contributed by atoms with Gasteiger partial charge in [-0.3, -0.25) is 0 Å². The van der Waals surface area contributed by atoms with Gasteiger partial charge in [0.25, 0.3) is 0 Å². The molecule has 3 nitrogen and oxygen atoms in total. The molecule has 0 atom stereocenters. The van der Waals surface area contributed by atoms with Crippen LogP contribution in [0, 0.1) is 0 Å². The zero-order chi connectivity index (χ0) is 10.8. The number of hydrogen-bond acceptors (Lipinski definition) is 2. The van der Waals surface area contributed by atoms with Gasteiger partial charge in [-0.1, -0.05) is 29.3 Å². The van der Waals surface area contributed by atoms with Crippen LogP contribution in [0.2, 0.25) is 10.0 Å². The quantitative estimate of drug-likeness (QED) is 0.879. The van der Waals surface area contributed by atoms with Gasteiger partial charge in [0.1, 0.15) is 0 Å². The Kier molecular flexibility index (Phi) is 2.95. The molecule has 0 amide bonds. The number of nitrogens with zero attached hydrogens (tertiary/aromatic N) is 2. The highest BCUT2D eigenvalue weighted by atomic mass is 35.5. The predicted octanol–water partition coefficient (Wildman–Crippen LogP) is 2.64. The molecule has 5 heteroatoms. The fourth-order valence-electron chi connectivity index (χ4n) is 1.28. The normalized spacial score (nSPS) is 10.6. The van der Waals surface area contributed by atoms with Crippen LogP contribution >= 0.6 is 23.2 Å². The molecule has 0 spiro atoms. The zero-order valence-electron chi connectivity index (χ0n) is 7.82. The van der Waals surface area contributed by atoms with Crippen LogP contribution in [-0.2, 0) is 6.54 Å². The maximum atomic E-state index is 5.94. The van der Waals surface area contributed by atoms with Crippen molar-refractivity contribution in [3.63, 3.8) is 0 Å². The SMILES string of the molecule is NCc1nn(-c2cccc(Cl)c2)cc1Cl. The Hall–Kier alpha value is -1.03. The van der Waals surface area contributed by atoms with Crippen molar-refractivity contribution in [2.45, 2.75) is 6.54 Å². The summed E-state index contributed by atoms with van der Waals surface area (Å²) < 4.78 is 1.66. The Morgan fingerprint density at radius 1 is 1.33 bits per heavy atom. The van der Waals surface area contributed by atoms with Gasteiger partial charge >= 0.3 is 0 Å². The molecule has 0 saturated carbocycles. The predicted molar refractivity (Wildman–Crippen MR) is 61.5 cm³/mol. The highest BCUT2D eigenvalue weighted by Gasteiger charge is 2.06. The van der Waals surface area contributed by atoms with Crippen molar-refractivity contribution >= 4 is 23.2 Å².